The predicted molar refractivity (Wildman–Crippen MR) is 91.0 cm³/mol. The van der Waals surface area contributed by atoms with Crippen LogP contribution >= 0.6 is 0 Å². The van der Waals surface area contributed by atoms with Gasteiger partial charge in [0.25, 0.3) is 5.91 Å². The Labute approximate surface area is 149 Å². The van der Waals surface area contributed by atoms with Gasteiger partial charge in [0.2, 0.25) is 0 Å². The first-order valence-electron chi connectivity index (χ1n) is 8.49. The van der Waals surface area contributed by atoms with Crippen molar-refractivity contribution in [2.75, 3.05) is 6.61 Å². The van der Waals surface area contributed by atoms with E-state index < -0.39 is 29.8 Å². The van der Waals surface area contributed by atoms with Crippen molar-refractivity contribution in [3.63, 3.8) is 0 Å². The molecule has 136 valence electrons. The highest BCUT2D eigenvalue weighted by Crippen LogP contribution is 2.27. The molecule has 1 saturated carbocycles. The highest BCUT2D eigenvalue weighted by molar-refractivity contribution is 5.82. The summed E-state index contributed by atoms with van der Waals surface area (Å²) in [4.78, 5) is 35.8. The molecule has 0 bridgehead atoms. The number of ether oxygens (including phenoxy) is 1. The molecule has 0 radical (unpaired) electrons. The number of hydrogen-bond donors (Lipinski definition) is 1. The first kappa shape index (κ1) is 17.7. The number of rotatable bonds is 5. The third kappa shape index (κ3) is 3.77. The number of oxazole rings is 1. The molecule has 1 fully saturated rings. The number of aromatic nitrogens is 1. The third-order valence-electron chi connectivity index (χ3n) is 4.52. The lowest BCUT2D eigenvalue weighted by molar-refractivity contribution is -0.149. The number of nitriles is 1. The summed E-state index contributed by atoms with van der Waals surface area (Å²) in [5.74, 6) is -1.92. The van der Waals surface area contributed by atoms with Gasteiger partial charge >= 0.3 is 11.7 Å². The Kier molecular flexibility index (Phi) is 5.07. The molecule has 1 aliphatic carbocycles. The molecular weight excluding hydrogens is 338 g/mol. The van der Waals surface area contributed by atoms with Crippen LogP contribution in [0.1, 0.15) is 32.1 Å². The van der Waals surface area contributed by atoms with Gasteiger partial charge in [-0.05, 0) is 25.0 Å². The number of carbonyl (C=O) groups excluding carboxylic acids is 2. The van der Waals surface area contributed by atoms with Gasteiger partial charge in [0.1, 0.15) is 12.1 Å². The molecule has 0 spiro atoms. The summed E-state index contributed by atoms with van der Waals surface area (Å²) in [6, 6.07) is 8.88. The van der Waals surface area contributed by atoms with E-state index in [9.17, 15) is 19.6 Å². The van der Waals surface area contributed by atoms with E-state index in [-0.39, 0.29) is 6.54 Å². The Morgan fingerprint density at radius 1 is 1.27 bits per heavy atom. The maximum Gasteiger partial charge on any atom is 0.420 e. The molecule has 1 aromatic carbocycles. The van der Waals surface area contributed by atoms with E-state index in [1.165, 1.54) is 0 Å². The summed E-state index contributed by atoms with van der Waals surface area (Å²) in [6.45, 7) is -0.848. The zero-order valence-electron chi connectivity index (χ0n) is 14.2. The zero-order valence-corrected chi connectivity index (χ0v) is 14.2. The summed E-state index contributed by atoms with van der Waals surface area (Å²) in [5, 5.41) is 12.0. The predicted octanol–water partition coefficient (Wildman–Crippen LogP) is 1.48. The Balaban J connectivity index is 1.57. The lowest BCUT2D eigenvalue weighted by Gasteiger charge is -2.31. The van der Waals surface area contributed by atoms with E-state index >= 15 is 0 Å². The quantitative estimate of drug-likeness (QED) is 0.811. The lowest BCUT2D eigenvalue weighted by Crippen LogP contribution is -2.50. The van der Waals surface area contributed by atoms with Crippen molar-refractivity contribution in [1.29, 1.82) is 5.26 Å². The van der Waals surface area contributed by atoms with Crippen molar-refractivity contribution in [1.82, 2.24) is 9.88 Å². The van der Waals surface area contributed by atoms with Crippen LogP contribution in [-0.4, -0.2) is 28.6 Å². The highest BCUT2D eigenvalue weighted by Gasteiger charge is 2.33. The average molecular weight is 357 g/mol. The van der Waals surface area contributed by atoms with Crippen molar-refractivity contribution in [3.05, 3.63) is 34.8 Å². The molecule has 2 aromatic rings. The maximum absolute atomic E-state index is 12.0. The molecule has 3 rings (SSSR count). The monoisotopic (exact) mass is 357 g/mol. The number of hydrogen-bond acceptors (Lipinski definition) is 6. The first-order chi connectivity index (χ1) is 12.5. The normalized spacial score (nSPS) is 16.0. The molecule has 1 amide bonds. The Hall–Kier alpha value is -3.08. The SMILES string of the molecule is N#CC1(NC(=O)COC(=O)Cn2c(=O)oc3ccccc32)CCCCC1. The Morgan fingerprint density at radius 3 is 2.73 bits per heavy atom. The van der Waals surface area contributed by atoms with Crippen LogP contribution in [0.2, 0.25) is 0 Å². The van der Waals surface area contributed by atoms with E-state index in [0.717, 1.165) is 23.8 Å². The van der Waals surface area contributed by atoms with Gasteiger partial charge in [0.15, 0.2) is 12.2 Å². The fraction of sp³-hybridized carbons (Fsp3) is 0.444. The summed E-state index contributed by atoms with van der Waals surface area (Å²) >= 11 is 0. The van der Waals surface area contributed by atoms with E-state index in [0.29, 0.717) is 23.9 Å². The van der Waals surface area contributed by atoms with Gasteiger partial charge in [0, 0.05) is 0 Å². The molecule has 8 nitrogen and oxygen atoms in total. The van der Waals surface area contributed by atoms with Crippen molar-refractivity contribution in [3.8, 4) is 6.07 Å². The van der Waals surface area contributed by atoms with E-state index in [1.807, 2.05) is 0 Å². The molecule has 1 heterocycles. The maximum atomic E-state index is 12.0. The van der Waals surface area contributed by atoms with Gasteiger partial charge in [0.05, 0.1) is 11.6 Å². The second-order valence-electron chi connectivity index (χ2n) is 6.39. The topological polar surface area (TPSA) is 114 Å². The smallest absolute Gasteiger partial charge is 0.420 e. The molecule has 1 aliphatic rings. The van der Waals surface area contributed by atoms with Gasteiger partial charge < -0.3 is 14.5 Å². The number of esters is 1. The van der Waals surface area contributed by atoms with Gasteiger partial charge in [-0.15, -0.1) is 0 Å². The van der Waals surface area contributed by atoms with Crippen LogP contribution in [0.3, 0.4) is 0 Å². The molecule has 1 N–H and O–H groups in total. The number of amides is 1. The third-order valence-corrected chi connectivity index (χ3v) is 4.52. The van der Waals surface area contributed by atoms with E-state index in [2.05, 4.69) is 11.4 Å². The van der Waals surface area contributed by atoms with Crippen LogP contribution in [0.5, 0.6) is 0 Å². The molecular formula is C18H19N3O5. The largest absolute Gasteiger partial charge is 0.454 e. The van der Waals surface area contributed by atoms with Crippen molar-refractivity contribution >= 4 is 23.0 Å². The van der Waals surface area contributed by atoms with Crippen LogP contribution in [0.4, 0.5) is 0 Å². The van der Waals surface area contributed by atoms with E-state index in [1.54, 1.807) is 24.3 Å². The van der Waals surface area contributed by atoms with Crippen molar-refractivity contribution < 1.29 is 18.7 Å². The summed E-state index contributed by atoms with van der Waals surface area (Å²) in [6.07, 6.45) is 4.00. The number of nitrogens with one attached hydrogen (secondary N) is 1. The molecule has 0 atom stereocenters. The summed E-state index contributed by atoms with van der Waals surface area (Å²) < 4.78 is 11.1. The fourth-order valence-corrected chi connectivity index (χ4v) is 3.21. The van der Waals surface area contributed by atoms with Crippen LogP contribution in [0, 0.1) is 11.3 Å². The minimum Gasteiger partial charge on any atom is -0.454 e. The fourth-order valence-electron chi connectivity index (χ4n) is 3.21. The molecule has 1 aromatic heterocycles. The minimum absolute atomic E-state index is 0.355. The standard InChI is InChI=1S/C18H19N3O5/c19-12-18(8-4-1-5-9-18)20-15(22)11-25-16(23)10-21-13-6-2-3-7-14(13)26-17(21)24/h2-3,6-7H,1,4-5,8-11H2,(H,20,22). The van der Waals surface area contributed by atoms with Gasteiger partial charge in [-0.2, -0.15) is 5.26 Å². The van der Waals surface area contributed by atoms with Crippen LogP contribution in [0.15, 0.2) is 33.5 Å². The number of benzene rings is 1. The second kappa shape index (κ2) is 7.44. The summed E-state index contributed by atoms with van der Waals surface area (Å²) in [5.41, 5.74) is -0.0276. The van der Waals surface area contributed by atoms with Crippen molar-refractivity contribution in [2.45, 2.75) is 44.2 Å². The molecule has 8 heteroatoms. The van der Waals surface area contributed by atoms with Crippen LogP contribution in [0.25, 0.3) is 11.1 Å². The highest BCUT2D eigenvalue weighted by atomic mass is 16.5. The average Bonchev–Trinajstić information content (AvgIpc) is 2.96. The Morgan fingerprint density at radius 2 is 2.00 bits per heavy atom. The number of carbonyl (C=O) groups is 2. The number of para-hydroxylation sites is 2. The minimum atomic E-state index is -0.876. The van der Waals surface area contributed by atoms with E-state index in [4.69, 9.17) is 9.15 Å². The molecule has 0 saturated heterocycles. The Bertz CT molecular complexity index is 915. The first-order valence-corrected chi connectivity index (χ1v) is 8.49. The van der Waals surface area contributed by atoms with Gasteiger partial charge in [-0.3, -0.25) is 14.2 Å². The zero-order chi connectivity index (χ0) is 18.6. The second-order valence-corrected chi connectivity index (χ2v) is 6.39. The number of nitrogens with zero attached hydrogens (tertiary/aromatic N) is 2. The van der Waals surface area contributed by atoms with Gasteiger partial charge in [-0.25, -0.2) is 4.79 Å². The molecule has 0 unspecified atom stereocenters. The summed E-state index contributed by atoms with van der Waals surface area (Å²) in [7, 11) is 0. The lowest BCUT2D eigenvalue weighted by atomic mass is 9.83. The molecule has 0 aliphatic heterocycles. The van der Waals surface area contributed by atoms with Crippen LogP contribution < -0.4 is 11.1 Å². The van der Waals surface area contributed by atoms with Crippen LogP contribution in [-0.2, 0) is 20.9 Å². The molecule has 26 heavy (non-hydrogen) atoms. The van der Waals surface area contributed by atoms with Gasteiger partial charge in [-0.1, -0.05) is 31.4 Å². The number of fused-ring (bicyclic) bond motifs is 1. The van der Waals surface area contributed by atoms with Crippen molar-refractivity contribution in [2.24, 2.45) is 0 Å².